The quantitative estimate of drug-likeness (QED) is 0.161. The summed E-state index contributed by atoms with van der Waals surface area (Å²) >= 11 is 5.87. The summed E-state index contributed by atoms with van der Waals surface area (Å²) in [6, 6.07) is 21.5. The van der Waals surface area contributed by atoms with Gasteiger partial charge in [0.25, 0.3) is 5.91 Å². The average molecular weight is 678 g/mol. The van der Waals surface area contributed by atoms with E-state index in [1.54, 1.807) is 24.4 Å². The molecule has 0 saturated carbocycles. The van der Waals surface area contributed by atoms with Gasteiger partial charge in [-0.25, -0.2) is 14.4 Å². The lowest BCUT2D eigenvalue weighted by molar-refractivity contribution is -0.0591. The van der Waals surface area contributed by atoms with E-state index >= 15 is 0 Å². The molecular weight excluding hydrogens is 645 g/mol. The number of hydrogen-bond donors (Lipinski definition) is 2. The Kier molecular flexibility index (Phi) is 8.54. The fraction of sp³-hybridized carbons (Fsp3) is 0.243. The number of nitrogens with zero attached hydrogens (tertiary/aromatic N) is 5. The van der Waals surface area contributed by atoms with Crippen LogP contribution >= 0.6 is 11.6 Å². The Morgan fingerprint density at radius 2 is 2.02 bits per heavy atom. The third kappa shape index (κ3) is 6.78. The lowest BCUT2D eigenvalue weighted by atomic mass is 10.0. The molecule has 0 radical (unpaired) electrons. The molecule has 5 heterocycles. The first kappa shape index (κ1) is 31.2. The summed E-state index contributed by atoms with van der Waals surface area (Å²) in [4.78, 5) is 25.3. The largest absolute Gasteiger partial charge is 0.473 e. The number of amides is 1. The number of rotatable bonds is 10. The molecule has 0 aliphatic carbocycles. The van der Waals surface area contributed by atoms with Gasteiger partial charge in [-0.3, -0.25) is 14.8 Å². The van der Waals surface area contributed by atoms with Crippen LogP contribution in [0.3, 0.4) is 0 Å². The van der Waals surface area contributed by atoms with Crippen molar-refractivity contribution in [1.82, 2.24) is 29.6 Å². The molecule has 6 aromatic rings. The average Bonchev–Trinajstić information content (AvgIpc) is 3.70. The van der Waals surface area contributed by atoms with E-state index in [1.165, 1.54) is 6.07 Å². The Labute approximate surface area is 286 Å². The zero-order valence-corrected chi connectivity index (χ0v) is 27.3. The number of carbonyl (C=O) groups is 1. The minimum Gasteiger partial charge on any atom is -0.473 e. The van der Waals surface area contributed by atoms with Gasteiger partial charge in [0.15, 0.2) is 0 Å². The van der Waals surface area contributed by atoms with Crippen LogP contribution in [0.15, 0.2) is 85.1 Å². The SMILES string of the molecule is O=C(Nc1ccc2[nH]ncc2c1)c1ccc2c(c1)nc(CN1CC=C(c3cccc(OCc4ccc(Cl)cc4F)n3)CC1)n2C[C@@H]1CCO1. The lowest BCUT2D eigenvalue weighted by Crippen LogP contribution is -2.33. The Morgan fingerprint density at radius 1 is 1.10 bits per heavy atom. The van der Waals surface area contributed by atoms with E-state index in [4.69, 9.17) is 31.0 Å². The Bertz CT molecular complexity index is 2210. The third-order valence-corrected chi connectivity index (χ3v) is 9.30. The Hall–Kier alpha value is -5.10. The molecule has 8 rings (SSSR count). The molecule has 3 aromatic carbocycles. The molecule has 0 unspecified atom stereocenters. The molecule has 49 heavy (non-hydrogen) atoms. The summed E-state index contributed by atoms with van der Waals surface area (Å²) in [7, 11) is 0. The number of H-pyrrole nitrogens is 1. The molecule has 1 amide bonds. The maximum absolute atomic E-state index is 14.2. The van der Waals surface area contributed by atoms with Gasteiger partial charge >= 0.3 is 0 Å². The van der Waals surface area contributed by atoms with E-state index in [9.17, 15) is 9.18 Å². The molecule has 10 nitrogen and oxygen atoms in total. The van der Waals surface area contributed by atoms with Crippen molar-refractivity contribution in [2.75, 3.05) is 25.0 Å². The highest BCUT2D eigenvalue weighted by atomic mass is 35.5. The molecule has 0 spiro atoms. The molecular formula is C37H33ClFN7O3. The van der Waals surface area contributed by atoms with Crippen LogP contribution in [0.25, 0.3) is 27.5 Å². The number of nitrogens with one attached hydrogen (secondary N) is 2. The van der Waals surface area contributed by atoms with Crippen molar-refractivity contribution in [2.45, 2.75) is 38.6 Å². The number of aromatic nitrogens is 5. The molecule has 2 N–H and O–H groups in total. The second-order valence-electron chi connectivity index (χ2n) is 12.3. The minimum absolute atomic E-state index is 0.0631. The standard InChI is InChI=1S/C37H33ClFN7O3/c38-27-6-4-25(30(39)18-27)22-49-36-3-1-2-31(43-36)23-10-13-45(14-11-23)21-35-42-33-17-24(5-9-34(33)46(35)20-29-12-15-48-29)37(47)41-28-7-8-32-26(16-28)19-40-44-32/h1-10,16-19,29H,11-15,20-22H2,(H,40,44)(H,41,47)/t29-/m0/s1. The van der Waals surface area contributed by atoms with Gasteiger partial charge in [-0.2, -0.15) is 5.10 Å². The van der Waals surface area contributed by atoms with Gasteiger partial charge in [0.05, 0.1) is 47.6 Å². The zero-order valence-electron chi connectivity index (χ0n) is 26.5. The van der Waals surface area contributed by atoms with Crippen molar-refractivity contribution in [2.24, 2.45) is 0 Å². The second-order valence-corrected chi connectivity index (χ2v) is 12.8. The number of pyridine rings is 1. The van der Waals surface area contributed by atoms with Crippen molar-refractivity contribution in [3.63, 3.8) is 0 Å². The van der Waals surface area contributed by atoms with Gasteiger partial charge in [0.2, 0.25) is 5.88 Å². The smallest absolute Gasteiger partial charge is 0.255 e. The van der Waals surface area contributed by atoms with Crippen molar-refractivity contribution in [3.8, 4) is 5.88 Å². The van der Waals surface area contributed by atoms with Crippen LogP contribution in [-0.2, 0) is 24.4 Å². The molecule has 1 atom stereocenters. The number of carbonyl (C=O) groups excluding carboxylic acids is 1. The number of hydrogen-bond acceptors (Lipinski definition) is 7. The third-order valence-electron chi connectivity index (χ3n) is 9.07. The molecule has 1 saturated heterocycles. The van der Waals surface area contributed by atoms with E-state index in [1.807, 2.05) is 48.5 Å². The molecule has 2 aliphatic rings. The van der Waals surface area contributed by atoms with Crippen LogP contribution in [0.4, 0.5) is 10.1 Å². The van der Waals surface area contributed by atoms with Crippen molar-refractivity contribution in [1.29, 1.82) is 0 Å². The summed E-state index contributed by atoms with van der Waals surface area (Å²) in [5, 5.41) is 11.3. The summed E-state index contributed by atoms with van der Waals surface area (Å²) in [5.41, 5.74) is 6.31. The van der Waals surface area contributed by atoms with Gasteiger partial charge in [0.1, 0.15) is 18.2 Å². The normalized spacial score (nSPS) is 16.4. The first-order valence-corrected chi connectivity index (χ1v) is 16.6. The number of halogens is 2. The molecule has 12 heteroatoms. The van der Waals surface area contributed by atoms with Gasteiger partial charge in [0, 0.05) is 53.0 Å². The highest BCUT2D eigenvalue weighted by Crippen LogP contribution is 2.27. The van der Waals surface area contributed by atoms with E-state index in [0.717, 1.165) is 71.6 Å². The maximum Gasteiger partial charge on any atom is 0.255 e. The zero-order chi connectivity index (χ0) is 33.3. The van der Waals surface area contributed by atoms with Crippen LogP contribution in [0, 0.1) is 5.82 Å². The highest BCUT2D eigenvalue weighted by molar-refractivity contribution is 6.30. The fourth-order valence-electron chi connectivity index (χ4n) is 6.25. The molecule has 2 aliphatic heterocycles. The van der Waals surface area contributed by atoms with E-state index in [-0.39, 0.29) is 18.6 Å². The number of ether oxygens (including phenoxy) is 2. The van der Waals surface area contributed by atoms with Gasteiger partial charge in [-0.15, -0.1) is 0 Å². The van der Waals surface area contributed by atoms with Crippen LogP contribution in [0.2, 0.25) is 5.02 Å². The topological polar surface area (TPSA) is 110 Å². The van der Waals surface area contributed by atoms with E-state index in [2.05, 4.69) is 31.1 Å². The van der Waals surface area contributed by atoms with Gasteiger partial charge < -0.3 is 19.4 Å². The maximum atomic E-state index is 14.2. The van der Waals surface area contributed by atoms with E-state index < -0.39 is 5.82 Å². The first-order chi connectivity index (χ1) is 23.9. The van der Waals surface area contributed by atoms with E-state index in [0.29, 0.717) is 40.8 Å². The monoisotopic (exact) mass is 677 g/mol. The first-order valence-electron chi connectivity index (χ1n) is 16.3. The van der Waals surface area contributed by atoms with Crippen LogP contribution in [-0.4, -0.2) is 61.3 Å². The molecule has 0 bridgehead atoms. The summed E-state index contributed by atoms with van der Waals surface area (Å²) in [6.07, 6.45) is 5.90. The summed E-state index contributed by atoms with van der Waals surface area (Å²) in [5.74, 6) is 0.776. The van der Waals surface area contributed by atoms with Crippen molar-refractivity contribution >= 4 is 50.7 Å². The van der Waals surface area contributed by atoms with Crippen LogP contribution in [0.5, 0.6) is 5.88 Å². The predicted molar refractivity (Wildman–Crippen MR) is 186 cm³/mol. The summed E-state index contributed by atoms with van der Waals surface area (Å²) < 4.78 is 28.1. The number of fused-ring (bicyclic) bond motifs is 2. The number of anilines is 1. The highest BCUT2D eigenvalue weighted by Gasteiger charge is 2.24. The summed E-state index contributed by atoms with van der Waals surface area (Å²) in [6.45, 7) is 3.77. The Balaban J connectivity index is 0.963. The van der Waals surface area contributed by atoms with Crippen LogP contribution < -0.4 is 10.1 Å². The lowest BCUT2D eigenvalue weighted by Gasteiger charge is -2.29. The predicted octanol–water partition coefficient (Wildman–Crippen LogP) is 7.01. The van der Waals surface area contributed by atoms with Crippen molar-refractivity contribution < 1.29 is 18.7 Å². The molecule has 248 valence electrons. The number of aromatic amines is 1. The molecule has 3 aromatic heterocycles. The number of benzene rings is 3. The van der Waals surface area contributed by atoms with Gasteiger partial charge in [-0.1, -0.05) is 29.8 Å². The second kappa shape index (κ2) is 13.4. The van der Waals surface area contributed by atoms with Crippen LogP contribution in [0.1, 0.15) is 40.3 Å². The minimum atomic E-state index is -0.404. The molecule has 1 fully saturated rings. The van der Waals surface area contributed by atoms with Gasteiger partial charge in [-0.05, 0) is 73.0 Å². The van der Waals surface area contributed by atoms with Crippen molar-refractivity contribution in [3.05, 3.63) is 119 Å². The Morgan fingerprint density at radius 3 is 2.84 bits per heavy atom. The fourth-order valence-corrected chi connectivity index (χ4v) is 6.41. The number of imidazole rings is 1.